The summed E-state index contributed by atoms with van der Waals surface area (Å²) in [6, 6.07) is 5.68. The molecule has 2 saturated carbocycles. The lowest BCUT2D eigenvalue weighted by Gasteiger charge is -2.37. The van der Waals surface area contributed by atoms with E-state index in [-0.39, 0.29) is 23.6 Å². The lowest BCUT2D eigenvalue weighted by Crippen LogP contribution is -2.46. The molecule has 3 aliphatic carbocycles. The van der Waals surface area contributed by atoms with Crippen molar-refractivity contribution in [1.29, 1.82) is 0 Å². The molecule has 6 heteroatoms. The Balaban J connectivity index is 1.11. The SMILES string of the molecule is O=C([C@H]1CCCN(c2cccc3c2C(=O)N(C[C@H]2C[C@H]4C=C[C@H]2C42CC2)C3=O)C1)N1CCCCC1. The van der Waals surface area contributed by atoms with Crippen LogP contribution in [-0.2, 0) is 4.79 Å². The molecular weight excluding hydrogens is 438 g/mol. The van der Waals surface area contributed by atoms with E-state index < -0.39 is 0 Å². The number of carbonyl (C=O) groups excluding carboxylic acids is 3. The number of anilines is 1. The maximum Gasteiger partial charge on any atom is 0.263 e. The van der Waals surface area contributed by atoms with E-state index in [1.807, 2.05) is 23.1 Å². The first-order valence-electron chi connectivity index (χ1n) is 13.8. The summed E-state index contributed by atoms with van der Waals surface area (Å²) >= 11 is 0. The maximum atomic E-state index is 13.7. The number of piperidine rings is 2. The number of benzene rings is 1. The lowest BCUT2D eigenvalue weighted by atomic mass is 9.88. The average molecular weight is 474 g/mol. The molecule has 7 rings (SSSR count). The van der Waals surface area contributed by atoms with Crippen LogP contribution in [0.2, 0.25) is 0 Å². The van der Waals surface area contributed by atoms with Crippen molar-refractivity contribution in [3.05, 3.63) is 41.5 Å². The summed E-state index contributed by atoms with van der Waals surface area (Å²) < 4.78 is 0. The van der Waals surface area contributed by atoms with Crippen LogP contribution in [0.15, 0.2) is 30.4 Å². The van der Waals surface area contributed by atoms with E-state index in [9.17, 15) is 14.4 Å². The van der Waals surface area contributed by atoms with Gasteiger partial charge in [-0.15, -0.1) is 0 Å². The molecule has 3 amide bonds. The van der Waals surface area contributed by atoms with E-state index in [0.717, 1.165) is 57.4 Å². The van der Waals surface area contributed by atoms with E-state index >= 15 is 0 Å². The van der Waals surface area contributed by atoms with Crippen molar-refractivity contribution in [2.45, 2.75) is 51.4 Å². The molecule has 4 fully saturated rings. The molecular formula is C29H35N3O3. The van der Waals surface area contributed by atoms with Gasteiger partial charge in [0.25, 0.3) is 11.8 Å². The number of allylic oxidation sites excluding steroid dienone is 2. The van der Waals surface area contributed by atoms with Crippen LogP contribution in [0.3, 0.4) is 0 Å². The molecule has 1 spiro atoms. The normalized spacial score (nSPS) is 32.6. The summed E-state index contributed by atoms with van der Waals surface area (Å²) in [4.78, 5) is 46.1. The Kier molecular flexibility index (Phi) is 4.91. The molecule has 2 bridgehead atoms. The van der Waals surface area contributed by atoms with Gasteiger partial charge in [-0.1, -0.05) is 18.2 Å². The molecule has 0 radical (unpaired) electrons. The number of fused-ring (bicyclic) bond motifs is 1. The highest BCUT2D eigenvalue weighted by Crippen LogP contribution is 2.70. The van der Waals surface area contributed by atoms with Gasteiger partial charge in [0.2, 0.25) is 5.91 Å². The Hall–Kier alpha value is -2.63. The third-order valence-electron chi connectivity index (χ3n) is 10.0. The molecule has 3 heterocycles. The first kappa shape index (κ1) is 21.6. The fourth-order valence-electron chi connectivity index (χ4n) is 8.08. The number of rotatable bonds is 4. The van der Waals surface area contributed by atoms with Gasteiger partial charge in [0.1, 0.15) is 0 Å². The summed E-state index contributed by atoms with van der Waals surface area (Å²) in [5.74, 6) is 1.52. The number of hydrogen-bond donors (Lipinski definition) is 0. The fraction of sp³-hybridized carbons (Fsp3) is 0.621. The molecule has 4 atom stereocenters. The first-order valence-corrected chi connectivity index (χ1v) is 13.8. The van der Waals surface area contributed by atoms with Crippen molar-refractivity contribution in [3.63, 3.8) is 0 Å². The van der Waals surface area contributed by atoms with Gasteiger partial charge in [-0.3, -0.25) is 19.3 Å². The molecule has 3 aliphatic heterocycles. The van der Waals surface area contributed by atoms with Gasteiger partial charge < -0.3 is 9.80 Å². The van der Waals surface area contributed by atoms with E-state index in [4.69, 9.17) is 0 Å². The molecule has 2 saturated heterocycles. The second-order valence-electron chi connectivity index (χ2n) is 11.8. The average Bonchev–Trinajstić information content (AvgIpc) is 3.51. The number of likely N-dealkylation sites (tertiary alicyclic amines) is 1. The van der Waals surface area contributed by atoms with Gasteiger partial charge in [-0.25, -0.2) is 0 Å². The topological polar surface area (TPSA) is 60.9 Å². The van der Waals surface area contributed by atoms with Crippen LogP contribution in [0.4, 0.5) is 5.69 Å². The first-order chi connectivity index (χ1) is 17.1. The van der Waals surface area contributed by atoms with Gasteiger partial charge in [-0.2, -0.15) is 0 Å². The quantitative estimate of drug-likeness (QED) is 0.488. The van der Waals surface area contributed by atoms with E-state index in [1.165, 1.54) is 24.2 Å². The molecule has 1 aromatic carbocycles. The third kappa shape index (κ3) is 3.24. The molecule has 1 aromatic rings. The molecule has 0 unspecified atom stereocenters. The Bertz CT molecular complexity index is 1120. The minimum atomic E-state index is -0.138. The van der Waals surface area contributed by atoms with Crippen molar-refractivity contribution in [1.82, 2.24) is 9.80 Å². The summed E-state index contributed by atoms with van der Waals surface area (Å²) in [5.41, 5.74) is 2.39. The second-order valence-corrected chi connectivity index (χ2v) is 11.8. The Morgan fingerprint density at radius 3 is 2.57 bits per heavy atom. The lowest BCUT2D eigenvalue weighted by molar-refractivity contribution is -0.136. The van der Waals surface area contributed by atoms with E-state index in [1.54, 1.807) is 0 Å². The molecule has 0 N–H and O–H groups in total. The fourth-order valence-corrected chi connectivity index (χ4v) is 8.08. The Morgan fingerprint density at radius 1 is 0.971 bits per heavy atom. The number of hydrogen-bond acceptors (Lipinski definition) is 4. The van der Waals surface area contributed by atoms with Crippen LogP contribution in [0.1, 0.15) is 72.1 Å². The molecule has 6 nitrogen and oxygen atoms in total. The van der Waals surface area contributed by atoms with Crippen molar-refractivity contribution >= 4 is 23.4 Å². The minimum absolute atomic E-state index is 0.0310. The summed E-state index contributed by atoms with van der Waals surface area (Å²) in [5, 5.41) is 0. The van der Waals surface area contributed by atoms with Crippen molar-refractivity contribution < 1.29 is 14.4 Å². The maximum absolute atomic E-state index is 13.7. The van der Waals surface area contributed by atoms with Crippen molar-refractivity contribution in [2.24, 2.45) is 29.1 Å². The number of amides is 3. The van der Waals surface area contributed by atoms with Crippen LogP contribution in [0.5, 0.6) is 0 Å². The summed E-state index contributed by atoms with van der Waals surface area (Å²) in [6.07, 6.45) is 13.7. The van der Waals surface area contributed by atoms with Crippen LogP contribution < -0.4 is 4.90 Å². The van der Waals surface area contributed by atoms with Crippen LogP contribution in [0.25, 0.3) is 0 Å². The summed E-state index contributed by atoms with van der Waals surface area (Å²) in [7, 11) is 0. The van der Waals surface area contributed by atoms with Crippen LogP contribution >= 0.6 is 0 Å². The highest BCUT2D eigenvalue weighted by Gasteiger charge is 2.63. The standard InChI is InChI=1S/C29H35N3O3/c33-26(30-13-2-1-3-14-30)19-6-5-15-31(17-19)24-8-4-7-22-25(24)28(35)32(27(22)34)18-20-16-21-9-10-23(20)29(21)11-12-29/h4,7-10,19-21,23H,1-3,5-6,11-18H2/t19-,20+,21+,23+/m0/s1. The smallest absolute Gasteiger partial charge is 0.263 e. The van der Waals surface area contributed by atoms with Gasteiger partial charge in [0.15, 0.2) is 0 Å². The summed E-state index contributed by atoms with van der Waals surface area (Å²) in [6.45, 7) is 3.73. The molecule has 6 aliphatic rings. The van der Waals surface area contributed by atoms with Crippen LogP contribution in [-0.4, -0.2) is 60.2 Å². The molecule has 0 aromatic heterocycles. The molecule has 184 valence electrons. The van der Waals surface area contributed by atoms with Crippen LogP contribution in [0, 0.1) is 29.1 Å². The van der Waals surface area contributed by atoms with Crippen molar-refractivity contribution in [2.75, 3.05) is 37.6 Å². The monoisotopic (exact) mass is 473 g/mol. The van der Waals surface area contributed by atoms with Gasteiger partial charge in [-0.05, 0) is 86.7 Å². The van der Waals surface area contributed by atoms with Crippen molar-refractivity contribution in [3.8, 4) is 0 Å². The predicted octanol–water partition coefficient (Wildman–Crippen LogP) is 4.11. The minimum Gasteiger partial charge on any atom is -0.370 e. The third-order valence-corrected chi connectivity index (χ3v) is 10.0. The van der Waals surface area contributed by atoms with Gasteiger partial charge >= 0.3 is 0 Å². The van der Waals surface area contributed by atoms with E-state index in [2.05, 4.69) is 17.1 Å². The second kappa shape index (κ2) is 7.94. The Labute approximate surface area is 207 Å². The zero-order chi connectivity index (χ0) is 23.7. The molecule has 35 heavy (non-hydrogen) atoms. The van der Waals surface area contributed by atoms with Gasteiger partial charge in [0.05, 0.1) is 22.7 Å². The highest BCUT2D eigenvalue weighted by atomic mass is 16.2. The zero-order valence-electron chi connectivity index (χ0n) is 20.5. The zero-order valence-corrected chi connectivity index (χ0v) is 20.5. The largest absolute Gasteiger partial charge is 0.370 e. The Morgan fingerprint density at radius 2 is 1.80 bits per heavy atom. The van der Waals surface area contributed by atoms with Gasteiger partial charge in [0, 0.05) is 32.7 Å². The predicted molar refractivity (Wildman–Crippen MR) is 133 cm³/mol. The number of imide groups is 1. The number of carbonyl (C=O) groups is 3. The number of nitrogens with zero attached hydrogens (tertiary/aromatic N) is 3. The highest BCUT2D eigenvalue weighted by molar-refractivity contribution is 6.23. The van der Waals surface area contributed by atoms with E-state index in [0.29, 0.717) is 47.4 Å².